The highest BCUT2D eigenvalue weighted by atomic mass is 35.5. The number of rotatable bonds is 3. The van der Waals surface area contributed by atoms with E-state index in [0.29, 0.717) is 0 Å². The number of aromatic nitrogens is 2. The van der Waals surface area contributed by atoms with Crippen LogP contribution in [-0.2, 0) is 0 Å². The number of nitrogens with zero attached hydrogens (tertiary/aromatic N) is 2. The van der Waals surface area contributed by atoms with Crippen LogP contribution >= 0.6 is 24.2 Å². The van der Waals surface area contributed by atoms with Gasteiger partial charge in [0.25, 0.3) is 0 Å². The summed E-state index contributed by atoms with van der Waals surface area (Å²) in [6.07, 6.45) is 6.18. The molecule has 2 rings (SSSR count). The lowest BCUT2D eigenvalue weighted by Gasteiger charge is -2.22. The number of thioether (sulfide) groups is 1. The molecule has 1 fully saturated rings. The molecule has 1 aromatic heterocycles. The van der Waals surface area contributed by atoms with Gasteiger partial charge in [-0.2, -0.15) is 0 Å². The van der Waals surface area contributed by atoms with Crippen molar-refractivity contribution in [3.63, 3.8) is 0 Å². The van der Waals surface area contributed by atoms with Crippen LogP contribution in [0.5, 0.6) is 0 Å². The number of nitrogens with one attached hydrogen (secondary N) is 1. The molecule has 1 saturated heterocycles. The van der Waals surface area contributed by atoms with Crippen LogP contribution in [0.1, 0.15) is 18.5 Å². The van der Waals surface area contributed by atoms with Gasteiger partial charge < -0.3 is 5.32 Å². The van der Waals surface area contributed by atoms with Crippen LogP contribution in [0.3, 0.4) is 0 Å². The predicted octanol–water partition coefficient (Wildman–Crippen LogP) is 2.30. The normalized spacial score (nSPS) is 20.2. The summed E-state index contributed by atoms with van der Waals surface area (Å²) in [6.45, 7) is 4.37. The third-order valence-corrected chi connectivity index (χ3v) is 4.00. The van der Waals surface area contributed by atoms with Gasteiger partial charge in [-0.15, -0.1) is 24.2 Å². The summed E-state index contributed by atoms with van der Waals surface area (Å²) >= 11 is 1.84. The molecule has 16 heavy (non-hydrogen) atoms. The molecular weight excluding hydrogens is 242 g/mol. The van der Waals surface area contributed by atoms with Gasteiger partial charge in [-0.25, -0.2) is 4.98 Å². The summed E-state index contributed by atoms with van der Waals surface area (Å²) < 4.78 is 0. The second-order valence-electron chi connectivity index (χ2n) is 3.97. The summed E-state index contributed by atoms with van der Waals surface area (Å²) in [6, 6.07) is 0. The molecule has 0 aliphatic carbocycles. The van der Waals surface area contributed by atoms with Crippen LogP contribution in [0.2, 0.25) is 0 Å². The zero-order valence-electron chi connectivity index (χ0n) is 9.48. The topological polar surface area (TPSA) is 37.8 Å². The molecule has 0 radical (unpaired) electrons. The third-order valence-electron chi connectivity index (χ3n) is 2.69. The Morgan fingerprint density at radius 3 is 2.94 bits per heavy atom. The predicted molar refractivity (Wildman–Crippen MR) is 70.3 cm³/mol. The molecule has 3 nitrogen and oxygen atoms in total. The standard InChI is InChI=1S/C11H17N3S.ClH/c1-9-11(14-6-5-13-9)15-8-10-3-2-4-12-7-10;/h5-6,10,12H,2-4,7-8H2,1H3;1H. The van der Waals surface area contributed by atoms with Gasteiger partial charge in [0.05, 0.1) is 5.69 Å². The van der Waals surface area contributed by atoms with Gasteiger partial charge in [-0.1, -0.05) is 0 Å². The lowest BCUT2D eigenvalue weighted by molar-refractivity contribution is 0.410. The molecule has 0 amide bonds. The first-order valence-corrected chi connectivity index (χ1v) is 6.46. The van der Waals surface area contributed by atoms with Crippen molar-refractivity contribution in [3.8, 4) is 0 Å². The number of aryl methyl sites for hydroxylation is 1. The molecule has 0 spiro atoms. The van der Waals surface area contributed by atoms with Gasteiger partial charge >= 0.3 is 0 Å². The van der Waals surface area contributed by atoms with E-state index in [1.165, 1.54) is 19.4 Å². The lowest BCUT2D eigenvalue weighted by atomic mass is 10.0. The molecule has 2 heterocycles. The van der Waals surface area contributed by atoms with Gasteiger partial charge in [0, 0.05) is 18.1 Å². The Labute approximate surface area is 107 Å². The van der Waals surface area contributed by atoms with Gasteiger partial charge in [0.2, 0.25) is 0 Å². The fourth-order valence-electron chi connectivity index (χ4n) is 1.80. The highest BCUT2D eigenvalue weighted by molar-refractivity contribution is 7.99. The second kappa shape index (κ2) is 7.09. The molecule has 90 valence electrons. The van der Waals surface area contributed by atoms with Gasteiger partial charge in [-0.05, 0) is 38.8 Å². The summed E-state index contributed by atoms with van der Waals surface area (Å²) in [7, 11) is 0. The van der Waals surface area contributed by atoms with Crippen LogP contribution in [0, 0.1) is 12.8 Å². The van der Waals surface area contributed by atoms with Crippen LogP contribution in [0.25, 0.3) is 0 Å². The van der Waals surface area contributed by atoms with Crippen molar-refractivity contribution in [1.29, 1.82) is 0 Å². The van der Waals surface area contributed by atoms with E-state index in [1.54, 1.807) is 12.4 Å². The average molecular weight is 260 g/mol. The van der Waals surface area contributed by atoms with E-state index in [1.807, 2.05) is 18.7 Å². The molecule has 1 N–H and O–H groups in total. The van der Waals surface area contributed by atoms with E-state index >= 15 is 0 Å². The Hall–Kier alpha value is -0.320. The first-order chi connectivity index (χ1) is 7.36. The molecule has 0 saturated carbocycles. The Kier molecular flexibility index (Phi) is 6.09. The zero-order valence-corrected chi connectivity index (χ0v) is 11.1. The Morgan fingerprint density at radius 1 is 1.44 bits per heavy atom. The Morgan fingerprint density at radius 2 is 2.25 bits per heavy atom. The first-order valence-electron chi connectivity index (χ1n) is 5.47. The van der Waals surface area contributed by atoms with Gasteiger partial charge in [0.1, 0.15) is 5.03 Å². The largest absolute Gasteiger partial charge is 0.316 e. The molecule has 1 atom stereocenters. The van der Waals surface area contributed by atoms with Crippen molar-refractivity contribution >= 4 is 24.2 Å². The number of hydrogen-bond acceptors (Lipinski definition) is 4. The molecule has 5 heteroatoms. The van der Waals surface area contributed by atoms with Crippen molar-refractivity contribution in [3.05, 3.63) is 18.1 Å². The molecule has 1 aromatic rings. The second-order valence-corrected chi connectivity index (χ2v) is 4.98. The summed E-state index contributed by atoms with van der Waals surface area (Å²) in [4.78, 5) is 8.59. The highest BCUT2D eigenvalue weighted by Gasteiger charge is 2.13. The van der Waals surface area contributed by atoms with Crippen LogP contribution < -0.4 is 5.32 Å². The monoisotopic (exact) mass is 259 g/mol. The molecule has 1 aliphatic rings. The molecule has 1 unspecified atom stereocenters. The Bertz CT molecular complexity index is 316. The SMILES string of the molecule is Cc1nccnc1SCC1CCCNC1.Cl. The Balaban J connectivity index is 0.00000128. The minimum atomic E-state index is 0. The minimum absolute atomic E-state index is 0. The van der Waals surface area contributed by atoms with E-state index in [9.17, 15) is 0 Å². The van der Waals surface area contributed by atoms with Crippen LogP contribution in [0.4, 0.5) is 0 Å². The minimum Gasteiger partial charge on any atom is -0.316 e. The van der Waals surface area contributed by atoms with E-state index in [2.05, 4.69) is 15.3 Å². The van der Waals surface area contributed by atoms with Crippen molar-refractivity contribution in [1.82, 2.24) is 15.3 Å². The summed E-state index contributed by atoms with van der Waals surface area (Å²) in [5.41, 5.74) is 1.05. The maximum Gasteiger partial charge on any atom is 0.117 e. The van der Waals surface area contributed by atoms with E-state index in [4.69, 9.17) is 0 Å². The average Bonchev–Trinajstić information content (AvgIpc) is 2.29. The third kappa shape index (κ3) is 3.92. The van der Waals surface area contributed by atoms with Crippen LogP contribution in [0.15, 0.2) is 17.4 Å². The maximum absolute atomic E-state index is 4.34. The maximum atomic E-state index is 4.34. The van der Waals surface area contributed by atoms with Gasteiger partial charge in [0.15, 0.2) is 0 Å². The van der Waals surface area contributed by atoms with Crippen molar-refractivity contribution in [2.75, 3.05) is 18.8 Å². The van der Waals surface area contributed by atoms with E-state index in [0.717, 1.165) is 28.9 Å². The highest BCUT2D eigenvalue weighted by Crippen LogP contribution is 2.23. The molecule has 0 bridgehead atoms. The smallest absolute Gasteiger partial charge is 0.117 e. The number of halogens is 1. The van der Waals surface area contributed by atoms with Crippen molar-refractivity contribution in [2.45, 2.75) is 24.8 Å². The van der Waals surface area contributed by atoms with Crippen LogP contribution in [-0.4, -0.2) is 28.8 Å². The number of hydrogen-bond donors (Lipinski definition) is 1. The summed E-state index contributed by atoms with van der Waals surface area (Å²) in [5, 5.41) is 4.52. The van der Waals surface area contributed by atoms with E-state index in [-0.39, 0.29) is 12.4 Å². The fourth-order valence-corrected chi connectivity index (χ4v) is 2.87. The number of piperidine rings is 1. The van der Waals surface area contributed by atoms with Crippen molar-refractivity contribution < 1.29 is 0 Å². The fraction of sp³-hybridized carbons (Fsp3) is 0.636. The zero-order chi connectivity index (χ0) is 10.5. The first kappa shape index (κ1) is 13.7. The molecule has 0 aromatic carbocycles. The quantitative estimate of drug-likeness (QED) is 0.846. The lowest BCUT2D eigenvalue weighted by Crippen LogP contribution is -2.30. The van der Waals surface area contributed by atoms with Gasteiger partial charge in [-0.3, -0.25) is 4.98 Å². The van der Waals surface area contributed by atoms with Crippen molar-refractivity contribution in [2.24, 2.45) is 5.92 Å². The molecule has 1 aliphatic heterocycles. The van der Waals surface area contributed by atoms with E-state index < -0.39 is 0 Å². The summed E-state index contributed by atoms with van der Waals surface area (Å²) in [5.74, 6) is 1.96. The molecular formula is C11H18ClN3S.